The zero-order chi connectivity index (χ0) is 33.4. The lowest BCUT2D eigenvalue weighted by Gasteiger charge is -2.58. The third-order valence-corrected chi connectivity index (χ3v) is 9.46. The van der Waals surface area contributed by atoms with Crippen LogP contribution in [0, 0.1) is 0 Å². The Bertz CT molecular complexity index is 1740. The Hall–Kier alpha value is -4.35. The Morgan fingerprint density at radius 1 is 1.06 bits per heavy atom. The fourth-order valence-corrected chi connectivity index (χ4v) is 7.14. The highest BCUT2D eigenvalue weighted by molar-refractivity contribution is 5.81. The molecule has 2 bridgehead atoms. The monoisotopic (exact) mass is 654 g/mol. The van der Waals surface area contributed by atoms with Crippen LogP contribution >= 0.6 is 0 Å². The van der Waals surface area contributed by atoms with Gasteiger partial charge in [-0.2, -0.15) is 0 Å². The van der Waals surface area contributed by atoms with Gasteiger partial charge in [-0.25, -0.2) is 4.79 Å². The maximum Gasteiger partial charge on any atom is 0.340 e. The fraction of sp³-hybridized carbons (Fsp3) is 0.406. The van der Waals surface area contributed by atoms with Gasteiger partial charge in [0.05, 0.1) is 26.2 Å². The summed E-state index contributed by atoms with van der Waals surface area (Å²) < 4.78 is 35.4. The first kappa shape index (κ1) is 31.3. The van der Waals surface area contributed by atoms with Gasteiger partial charge in [0.25, 0.3) is 0 Å². The van der Waals surface area contributed by atoms with Crippen molar-refractivity contribution < 1.29 is 63.9 Å². The molecular formula is C32H34N2O13. The molecule has 15 nitrogen and oxygen atoms in total. The van der Waals surface area contributed by atoms with Crippen LogP contribution in [-0.2, 0) is 9.53 Å². The summed E-state index contributed by atoms with van der Waals surface area (Å²) in [6.07, 6.45) is -8.08. The Morgan fingerprint density at radius 3 is 2.53 bits per heavy atom. The van der Waals surface area contributed by atoms with E-state index < -0.39 is 60.1 Å². The molecule has 0 spiro atoms. The van der Waals surface area contributed by atoms with Crippen molar-refractivity contribution >= 4 is 5.97 Å². The van der Waals surface area contributed by atoms with E-state index in [1.165, 1.54) is 39.5 Å². The number of rotatable bonds is 7. The van der Waals surface area contributed by atoms with Crippen molar-refractivity contribution in [2.24, 2.45) is 0 Å². The normalized spacial score (nSPS) is 33.4. The molecule has 4 heterocycles. The van der Waals surface area contributed by atoms with Gasteiger partial charge in [-0.1, -0.05) is 18.2 Å². The van der Waals surface area contributed by atoms with Crippen molar-refractivity contribution in [3.05, 3.63) is 59.7 Å². The number of methoxy groups -OCH3 is 2. The van der Waals surface area contributed by atoms with Crippen LogP contribution in [-0.4, -0.2) is 107 Å². The van der Waals surface area contributed by atoms with E-state index in [1.54, 1.807) is 30.3 Å². The zero-order valence-corrected chi connectivity index (χ0v) is 25.4. The van der Waals surface area contributed by atoms with Crippen molar-refractivity contribution in [1.82, 2.24) is 10.6 Å². The molecule has 9 unspecified atom stereocenters. The lowest BCUT2D eigenvalue weighted by molar-refractivity contribution is -0.362. The summed E-state index contributed by atoms with van der Waals surface area (Å²) in [5, 5.41) is 70.7. The molecule has 0 amide bonds. The van der Waals surface area contributed by atoms with E-state index in [9.17, 15) is 35.4 Å². The Morgan fingerprint density at radius 2 is 1.85 bits per heavy atom. The zero-order valence-electron chi connectivity index (χ0n) is 25.4. The standard InChI is InChI=1S/C32H34N2O13/c1-33-20-12-34-32(41)26(36)28(47-31(20,29(32)38)30(39)40)44-15-10-17(13-5-4-6-14(35)9-13)21-19(11-15)45-27(37)22-16-7-8-18(42-2)24(43-3)23(16)46-25(21)22/h4-11,20,22,25-29,33-38,41H,12H2,1-3H3,(H,39,40). The number of carboxylic acids is 1. The summed E-state index contributed by atoms with van der Waals surface area (Å²) in [6, 6.07) is 11.7. The van der Waals surface area contributed by atoms with Gasteiger partial charge < -0.3 is 64.4 Å². The van der Waals surface area contributed by atoms with Crippen molar-refractivity contribution in [3.63, 3.8) is 0 Å². The van der Waals surface area contributed by atoms with Crippen LogP contribution in [0.5, 0.6) is 34.5 Å². The number of hydrogen-bond acceptors (Lipinski definition) is 14. The largest absolute Gasteiger partial charge is 0.508 e. The van der Waals surface area contributed by atoms with Crippen molar-refractivity contribution in [1.29, 1.82) is 0 Å². The van der Waals surface area contributed by atoms with Gasteiger partial charge in [-0.3, -0.25) is 5.32 Å². The topological polar surface area (TPSA) is 218 Å². The number of ether oxygens (including phenoxy) is 6. The number of phenolic OH excluding ortho intramolecular Hbond substituents is 1. The second-order valence-electron chi connectivity index (χ2n) is 11.8. The molecule has 47 heavy (non-hydrogen) atoms. The molecule has 3 aromatic carbocycles. The third-order valence-electron chi connectivity index (χ3n) is 9.46. The highest BCUT2D eigenvalue weighted by atomic mass is 16.7. The average Bonchev–Trinajstić information content (AvgIpc) is 3.45. The molecule has 2 fully saturated rings. The van der Waals surface area contributed by atoms with E-state index in [1.807, 2.05) is 0 Å². The minimum atomic E-state index is -2.51. The minimum absolute atomic E-state index is 0.0221. The molecule has 7 rings (SSSR count). The van der Waals surface area contributed by atoms with Crippen LogP contribution in [0.25, 0.3) is 11.1 Å². The molecule has 4 aliphatic rings. The van der Waals surface area contributed by atoms with Crippen LogP contribution in [0.1, 0.15) is 23.1 Å². The maximum atomic E-state index is 12.6. The number of aliphatic carboxylic acids is 1. The first-order valence-corrected chi connectivity index (χ1v) is 14.8. The number of carbonyl (C=O) groups is 1. The van der Waals surface area contributed by atoms with Gasteiger partial charge in [-0.15, -0.1) is 0 Å². The van der Waals surface area contributed by atoms with Crippen LogP contribution in [0.4, 0.5) is 0 Å². The summed E-state index contributed by atoms with van der Waals surface area (Å²) in [4.78, 5) is 12.6. The minimum Gasteiger partial charge on any atom is -0.508 e. The molecule has 0 aromatic heterocycles. The van der Waals surface area contributed by atoms with Crippen LogP contribution in [0.3, 0.4) is 0 Å². The smallest absolute Gasteiger partial charge is 0.340 e. The molecule has 250 valence electrons. The second kappa shape index (κ2) is 11.1. The summed E-state index contributed by atoms with van der Waals surface area (Å²) in [6.45, 7) is -0.159. The van der Waals surface area contributed by atoms with E-state index in [0.717, 1.165) is 0 Å². The van der Waals surface area contributed by atoms with Gasteiger partial charge in [0.1, 0.15) is 29.5 Å². The van der Waals surface area contributed by atoms with Gasteiger partial charge in [0.2, 0.25) is 23.9 Å². The number of fused-ring (bicyclic) bond motifs is 7. The van der Waals surface area contributed by atoms with Crippen molar-refractivity contribution in [3.8, 4) is 45.6 Å². The Kier molecular flexibility index (Phi) is 7.40. The number of benzene rings is 3. The van der Waals surface area contributed by atoms with Gasteiger partial charge in [0.15, 0.2) is 23.3 Å². The Balaban J connectivity index is 1.34. The average molecular weight is 655 g/mol. The van der Waals surface area contributed by atoms with E-state index in [4.69, 9.17) is 28.4 Å². The number of aliphatic hydroxyl groups excluding tert-OH is 3. The predicted octanol–water partition coefficient (Wildman–Crippen LogP) is 0.165. The van der Waals surface area contributed by atoms with Gasteiger partial charge in [-0.05, 0) is 42.4 Å². The van der Waals surface area contributed by atoms with Crippen LogP contribution in [0.2, 0.25) is 0 Å². The van der Waals surface area contributed by atoms with Crippen LogP contribution < -0.4 is 34.3 Å². The van der Waals surface area contributed by atoms with Crippen molar-refractivity contribution in [2.75, 3.05) is 27.8 Å². The highest BCUT2D eigenvalue weighted by Gasteiger charge is 2.71. The molecular weight excluding hydrogens is 620 g/mol. The highest BCUT2D eigenvalue weighted by Crippen LogP contribution is 2.59. The molecule has 4 aliphatic heterocycles. The summed E-state index contributed by atoms with van der Waals surface area (Å²) in [7, 11) is 4.43. The summed E-state index contributed by atoms with van der Waals surface area (Å²) >= 11 is 0. The number of nitrogens with one attached hydrogen (secondary N) is 2. The Labute approximate surface area is 267 Å². The summed E-state index contributed by atoms with van der Waals surface area (Å²) in [5.41, 5.74) is -2.87. The summed E-state index contributed by atoms with van der Waals surface area (Å²) in [5.74, 6) is -1.10. The first-order valence-electron chi connectivity index (χ1n) is 14.8. The molecule has 3 aromatic rings. The number of piperidine rings is 1. The number of carboxylic acid groups (broad SMARTS) is 1. The number of phenols is 1. The second-order valence-corrected chi connectivity index (χ2v) is 11.8. The number of hydrogen-bond donors (Lipinski definition) is 8. The quantitative estimate of drug-likeness (QED) is 0.170. The predicted molar refractivity (Wildman–Crippen MR) is 160 cm³/mol. The number of aliphatic hydroxyl groups is 4. The number of aromatic hydroxyl groups is 1. The van der Waals surface area contributed by atoms with Crippen LogP contribution in [0.15, 0.2) is 48.5 Å². The maximum absolute atomic E-state index is 12.6. The molecule has 0 radical (unpaired) electrons. The van der Waals surface area contributed by atoms with E-state index >= 15 is 0 Å². The SMILES string of the molecule is CNC1CNC2(O)C(O)C(Oc3cc4c(c(-c5cccc(O)c5)c3)C3Oc5c(ccc(OC)c5OC)C3C(O)O4)OC1(C(=O)O)C2O. The lowest BCUT2D eigenvalue weighted by atomic mass is 9.74. The molecule has 0 aliphatic carbocycles. The molecule has 9 atom stereocenters. The lowest BCUT2D eigenvalue weighted by Crippen LogP contribution is -2.87. The third kappa shape index (κ3) is 4.42. The first-order chi connectivity index (χ1) is 22.5. The number of likely N-dealkylation sites (N-methyl/N-ethyl adjacent to an activating group) is 1. The van der Waals surface area contributed by atoms with E-state index in [-0.39, 0.29) is 23.8 Å². The van der Waals surface area contributed by atoms with Crippen molar-refractivity contribution in [2.45, 2.75) is 54.2 Å². The molecule has 2 saturated heterocycles. The van der Waals surface area contributed by atoms with Gasteiger partial charge >= 0.3 is 5.97 Å². The van der Waals surface area contributed by atoms with E-state index in [0.29, 0.717) is 39.5 Å². The van der Waals surface area contributed by atoms with Gasteiger partial charge in [0, 0.05) is 23.7 Å². The molecule has 8 N–H and O–H groups in total. The fourth-order valence-electron chi connectivity index (χ4n) is 7.14. The van der Waals surface area contributed by atoms with E-state index in [2.05, 4.69) is 10.6 Å². The molecule has 15 heteroatoms. The molecule has 0 saturated carbocycles.